The zero-order chi connectivity index (χ0) is 5.11. The molecule has 0 spiro atoms. The van der Waals surface area contributed by atoms with Crippen molar-refractivity contribution >= 4 is 23.5 Å². The Morgan fingerprint density at radius 1 is 1.43 bits per heavy atom. The van der Waals surface area contributed by atoms with Gasteiger partial charge in [0.1, 0.15) is 6.61 Å². The van der Waals surface area contributed by atoms with E-state index in [0.717, 1.165) is 0 Å². The molecule has 0 saturated carbocycles. The molecular weight excluding hydrogens is 128 g/mol. The van der Waals surface area contributed by atoms with Crippen LogP contribution in [0.3, 0.4) is 0 Å². The van der Waals surface area contributed by atoms with Crippen LogP contribution in [-0.2, 0) is 5.11 Å². The van der Waals surface area contributed by atoms with Crippen LogP contribution >= 0.6 is 23.5 Å². The Morgan fingerprint density at radius 2 is 2.00 bits per heavy atom. The summed E-state index contributed by atoms with van der Waals surface area (Å²) in [6.45, 7) is 0.0926. The molecule has 0 atom stereocenters. The summed E-state index contributed by atoms with van der Waals surface area (Å²) in [6.07, 6.45) is 0. The Hall–Kier alpha value is 0.660. The summed E-state index contributed by atoms with van der Waals surface area (Å²) >= 11 is 3.59. The van der Waals surface area contributed by atoms with Crippen LogP contribution < -0.4 is 0 Å². The first kappa shape index (κ1) is 5.79. The first-order valence-corrected chi connectivity index (χ1v) is 4.34. The van der Waals surface area contributed by atoms with E-state index in [-0.39, 0.29) is 6.61 Å². The summed E-state index contributed by atoms with van der Waals surface area (Å²) in [5, 5.41) is 10.1. The highest BCUT2D eigenvalue weighted by Crippen LogP contribution is 2.30. The highest BCUT2D eigenvalue weighted by molar-refractivity contribution is 8.20. The van der Waals surface area contributed by atoms with Gasteiger partial charge in [0, 0.05) is 11.5 Å². The first-order valence-electron chi connectivity index (χ1n) is 2.25. The maximum Gasteiger partial charge on any atom is 0.103 e. The molecule has 7 heavy (non-hydrogen) atoms. The van der Waals surface area contributed by atoms with E-state index < -0.39 is 0 Å². The van der Waals surface area contributed by atoms with Crippen molar-refractivity contribution in [3.8, 4) is 0 Å². The Bertz CT molecular complexity index is 51.7. The minimum atomic E-state index is 0.0926. The summed E-state index contributed by atoms with van der Waals surface area (Å²) < 4.78 is 0.375. The van der Waals surface area contributed by atoms with Crippen LogP contribution in [0.4, 0.5) is 0 Å². The lowest BCUT2D eigenvalue weighted by molar-refractivity contribution is 0.210. The number of hydrogen-bond donors (Lipinski definition) is 0. The van der Waals surface area contributed by atoms with Gasteiger partial charge in [-0.25, -0.2) is 5.11 Å². The molecule has 0 amide bonds. The van der Waals surface area contributed by atoms with E-state index in [1.54, 1.807) is 23.5 Å². The Balaban J connectivity index is 2.14. The highest BCUT2D eigenvalue weighted by atomic mass is 32.2. The third kappa shape index (κ3) is 1.55. The molecule has 3 heteroatoms. The van der Waals surface area contributed by atoms with Gasteiger partial charge in [-0.15, -0.1) is 23.5 Å². The molecule has 0 aromatic carbocycles. The van der Waals surface area contributed by atoms with Crippen LogP contribution in [0.1, 0.15) is 0 Å². The van der Waals surface area contributed by atoms with Crippen LogP contribution in [0.15, 0.2) is 0 Å². The van der Waals surface area contributed by atoms with E-state index in [2.05, 4.69) is 0 Å². The molecule has 1 aliphatic rings. The summed E-state index contributed by atoms with van der Waals surface area (Å²) in [5.41, 5.74) is 0. The summed E-state index contributed by atoms with van der Waals surface area (Å²) in [7, 11) is 0. The van der Waals surface area contributed by atoms with Crippen molar-refractivity contribution in [2.75, 3.05) is 18.1 Å². The molecule has 41 valence electrons. The molecule has 1 saturated heterocycles. The van der Waals surface area contributed by atoms with Crippen LogP contribution in [0.25, 0.3) is 0 Å². The fourth-order valence-electron chi connectivity index (χ4n) is 0.503. The lowest BCUT2D eigenvalue weighted by Gasteiger charge is -1.96. The normalized spacial score (nSPS) is 23.6. The molecule has 1 heterocycles. The smallest absolute Gasteiger partial charge is 0.103 e. The van der Waals surface area contributed by atoms with Crippen LogP contribution in [0.5, 0.6) is 0 Å². The standard InChI is InChI=1S/C4H7OS2/c5-3-4-6-1-2-7-4/h4H,1-3H2. The Morgan fingerprint density at radius 3 is 2.29 bits per heavy atom. The molecule has 0 aromatic heterocycles. The van der Waals surface area contributed by atoms with Crippen molar-refractivity contribution in [1.29, 1.82) is 0 Å². The van der Waals surface area contributed by atoms with E-state index in [4.69, 9.17) is 0 Å². The van der Waals surface area contributed by atoms with Crippen LogP contribution in [0.2, 0.25) is 0 Å². The summed E-state index contributed by atoms with van der Waals surface area (Å²) in [5.74, 6) is 2.36. The van der Waals surface area contributed by atoms with Crippen molar-refractivity contribution < 1.29 is 5.11 Å². The van der Waals surface area contributed by atoms with E-state index >= 15 is 0 Å². The second-order valence-electron chi connectivity index (χ2n) is 1.34. The van der Waals surface area contributed by atoms with Crippen molar-refractivity contribution in [2.45, 2.75) is 4.58 Å². The van der Waals surface area contributed by atoms with Gasteiger partial charge >= 0.3 is 0 Å². The predicted molar refractivity (Wildman–Crippen MR) is 34.3 cm³/mol. The molecule has 0 N–H and O–H groups in total. The van der Waals surface area contributed by atoms with E-state index in [1.807, 2.05) is 0 Å². The average Bonchev–Trinajstić information content (AvgIpc) is 2.14. The lowest BCUT2D eigenvalue weighted by Crippen LogP contribution is -1.94. The van der Waals surface area contributed by atoms with Gasteiger partial charge in [-0.2, -0.15) is 0 Å². The van der Waals surface area contributed by atoms with Crippen molar-refractivity contribution in [2.24, 2.45) is 0 Å². The predicted octanol–water partition coefficient (Wildman–Crippen LogP) is 1.22. The van der Waals surface area contributed by atoms with Crippen LogP contribution in [0, 0.1) is 0 Å². The van der Waals surface area contributed by atoms with Gasteiger partial charge in [0.2, 0.25) is 0 Å². The number of rotatable bonds is 1. The van der Waals surface area contributed by atoms with E-state index in [1.165, 1.54) is 11.5 Å². The third-order valence-corrected chi connectivity index (χ3v) is 3.80. The minimum absolute atomic E-state index is 0.0926. The molecule has 1 rings (SSSR count). The molecule has 1 radical (unpaired) electrons. The third-order valence-electron chi connectivity index (χ3n) is 0.827. The summed E-state index contributed by atoms with van der Waals surface area (Å²) in [4.78, 5) is 0. The maximum atomic E-state index is 10.1. The highest BCUT2D eigenvalue weighted by Gasteiger charge is 2.14. The summed E-state index contributed by atoms with van der Waals surface area (Å²) in [6, 6.07) is 0. The average molecular weight is 135 g/mol. The maximum absolute atomic E-state index is 10.1. The monoisotopic (exact) mass is 135 g/mol. The van der Waals surface area contributed by atoms with Gasteiger partial charge < -0.3 is 0 Å². The second-order valence-corrected chi connectivity index (χ2v) is 4.26. The molecule has 0 aliphatic carbocycles. The van der Waals surface area contributed by atoms with Gasteiger partial charge in [0.15, 0.2) is 0 Å². The van der Waals surface area contributed by atoms with Gasteiger partial charge in [-0.3, -0.25) is 0 Å². The first-order chi connectivity index (χ1) is 3.43. The molecule has 0 bridgehead atoms. The topological polar surface area (TPSA) is 19.9 Å². The van der Waals surface area contributed by atoms with Gasteiger partial charge in [-0.1, -0.05) is 0 Å². The molecule has 0 unspecified atom stereocenters. The van der Waals surface area contributed by atoms with Gasteiger partial charge in [0.25, 0.3) is 0 Å². The zero-order valence-corrected chi connectivity index (χ0v) is 5.56. The second kappa shape index (κ2) is 2.84. The fraction of sp³-hybridized carbons (Fsp3) is 1.00. The molecule has 1 nitrogen and oxygen atoms in total. The Kier molecular flexibility index (Phi) is 2.35. The SMILES string of the molecule is [O]CC1SCCS1. The van der Waals surface area contributed by atoms with Crippen LogP contribution in [-0.4, -0.2) is 22.7 Å². The molecule has 1 aliphatic heterocycles. The number of hydrogen-bond acceptors (Lipinski definition) is 2. The van der Waals surface area contributed by atoms with E-state index in [9.17, 15) is 5.11 Å². The van der Waals surface area contributed by atoms with Crippen molar-refractivity contribution in [3.05, 3.63) is 0 Å². The largest absolute Gasteiger partial charge is 0.235 e. The molecule has 0 aromatic rings. The Labute approximate surface area is 51.9 Å². The fourth-order valence-corrected chi connectivity index (χ4v) is 2.95. The quantitative estimate of drug-likeness (QED) is 0.538. The van der Waals surface area contributed by atoms with E-state index in [0.29, 0.717) is 4.58 Å². The minimum Gasteiger partial charge on any atom is -0.235 e. The van der Waals surface area contributed by atoms with Crippen molar-refractivity contribution in [1.82, 2.24) is 0 Å². The number of thioether (sulfide) groups is 2. The van der Waals surface area contributed by atoms with Crippen molar-refractivity contribution in [3.63, 3.8) is 0 Å². The molecule has 1 fully saturated rings. The molecular formula is C4H7OS2. The zero-order valence-electron chi connectivity index (χ0n) is 3.92. The van der Waals surface area contributed by atoms with Gasteiger partial charge in [-0.05, 0) is 0 Å². The lowest BCUT2D eigenvalue weighted by atomic mass is 10.9. The van der Waals surface area contributed by atoms with Gasteiger partial charge in [0.05, 0.1) is 4.58 Å².